The van der Waals surface area contributed by atoms with Gasteiger partial charge >= 0.3 is 5.97 Å². The molecule has 0 radical (unpaired) electrons. The summed E-state index contributed by atoms with van der Waals surface area (Å²) in [4.78, 5) is 30.5. The number of rotatable bonds is 12. The summed E-state index contributed by atoms with van der Waals surface area (Å²) in [6.07, 6.45) is 7.41. The van der Waals surface area contributed by atoms with Gasteiger partial charge in [-0.25, -0.2) is 4.79 Å². The lowest BCUT2D eigenvalue weighted by molar-refractivity contribution is -0.142. The van der Waals surface area contributed by atoms with Crippen LogP contribution in [0.2, 0.25) is 0 Å². The predicted octanol–water partition coefficient (Wildman–Crippen LogP) is 3.38. The molecule has 0 bridgehead atoms. The molecular weight excluding hydrogens is 500 g/mol. The second-order valence-electron chi connectivity index (χ2n) is 11.0. The number of aliphatic hydroxyl groups excluding tert-OH is 1. The number of hydrogen-bond donors (Lipinski definition) is 5. The molecule has 0 saturated heterocycles. The van der Waals surface area contributed by atoms with E-state index in [1.807, 2.05) is 6.92 Å². The Morgan fingerprint density at radius 2 is 1.97 bits per heavy atom. The van der Waals surface area contributed by atoms with Crippen LogP contribution in [0.15, 0.2) is 34.4 Å². The van der Waals surface area contributed by atoms with Crippen LogP contribution < -0.4 is 16.2 Å². The number of amides is 1. The van der Waals surface area contributed by atoms with E-state index in [4.69, 9.17) is 16.2 Å². The number of hydrogen-bond acceptors (Lipinski definition) is 6. The lowest BCUT2D eigenvalue weighted by atomic mass is 9.84. The van der Waals surface area contributed by atoms with Crippen molar-refractivity contribution in [2.45, 2.75) is 96.9 Å². The van der Waals surface area contributed by atoms with E-state index in [0.29, 0.717) is 36.1 Å². The average molecular weight is 543 g/mol. The van der Waals surface area contributed by atoms with E-state index >= 15 is 0 Å². The van der Waals surface area contributed by atoms with Crippen LogP contribution in [0.5, 0.6) is 11.5 Å². The van der Waals surface area contributed by atoms with Crippen molar-refractivity contribution >= 4 is 17.8 Å². The molecule has 0 fully saturated rings. The first-order chi connectivity index (χ1) is 18.3. The van der Waals surface area contributed by atoms with E-state index in [0.717, 1.165) is 12.8 Å². The number of aliphatic carboxylic acids is 1. The second kappa shape index (κ2) is 12.5. The average Bonchev–Trinajstić information content (AvgIpc) is 3.15. The van der Waals surface area contributed by atoms with Crippen molar-refractivity contribution in [1.82, 2.24) is 4.90 Å². The number of allylic oxidation sites excluding steroid dienone is 4. The summed E-state index contributed by atoms with van der Waals surface area (Å²) in [5, 5.41) is 31.6. The van der Waals surface area contributed by atoms with Gasteiger partial charge in [-0.15, -0.1) is 0 Å². The van der Waals surface area contributed by atoms with E-state index < -0.39 is 29.6 Å². The predicted molar refractivity (Wildman–Crippen MR) is 150 cm³/mol. The molecule has 3 atom stereocenters. The third kappa shape index (κ3) is 7.11. The minimum Gasteiger partial charge on any atom is -0.508 e. The fraction of sp³-hybridized carbons (Fsp3) is 0.552. The number of nitrogens with two attached hydrogens (primary N) is 2. The summed E-state index contributed by atoms with van der Waals surface area (Å²) in [6, 6.07) is 0.267. The Morgan fingerprint density at radius 1 is 1.26 bits per heavy atom. The first-order valence-corrected chi connectivity index (χ1v) is 13.5. The quantitative estimate of drug-likeness (QED) is 0.116. The summed E-state index contributed by atoms with van der Waals surface area (Å²) in [7, 11) is 0. The maximum atomic E-state index is 13.3. The molecule has 214 valence electrons. The summed E-state index contributed by atoms with van der Waals surface area (Å²) >= 11 is 0. The summed E-state index contributed by atoms with van der Waals surface area (Å²) < 4.78 is 6.39. The first kappa shape index (κ1) is 30.0. The molecule has 1 aromatic carbocycles. The molecule has 7 N–H and O–H groups in total. The number of carboxylic acid groups (broad SMARTS) is 1. The monoisotopic (exact) mass is 542 g/mol. The lowest BCUT2D eigenvalue weighted by Crippen LogP contribution is -2.49. The van der Waals surface area contributed by atoms with Crippen LogP contribution in [0.3, 0.4) is 0 Å². The topological polar surface area (TPSA) is 172 Å². The zero-order valence-electron chi connectivity index (χ0n) is 23.4. The Kier molecular flexibility index (Phi) is 9.66. The number of benzene rings is 1. The van der Waals surface area contributed by atoms with E-state index in [9.17, 15) is 24.9 Å². The van der Waals surface area contributed by atoms with Crippen LogP contribution in [0.1, 0.15) is 87.7 Å². The number of ether oxygens (including phenoxy) is 1. The van der Waals surface area contributed by atoms with Crippen LogP contribution in [-0.2, 0) is 17.8 Å². The number of fused-ring (bicyclic) bond motifs is 3. The molecule has 0 aromatic heterocycles. The minimum absolute atomic E-state index is 0.0333. The van der Waals surface area contributed by atoms with Crippen LogP contribution >= 0.6 is 0 Å². The number of aliphatic imine (C=N–C) groups is 1. The summed E-state index contributed by atoms with van der Waals surface area (Å²) in [5.41, 5.74) is 13.5. The van der Waals surface area contributed by atoms with Crippen molar-refractivity contribution in [3.05, 3.63) is 46.1 Å². The van der Waals surface area contributed by atoms with Crippen LogP contribution in [0.4, 0.5) is 0 Å². The zero-order valence-corrected chi connectivity index (χ0v) is 23.4. The third-order valence-corrected chi connectivity index (χ3v) is 7.54. The van der Waals surface area contributed by atoms with E-state index in [1.54, 1.807) is 0 Å². The van der Waals surface area contributed by atoms with Crippen LogP contribution in [0, 0.1) is 0 Å². The zero-order chi connectivity index (χ0) is 28.9. The Morgan fingerprint density at radius 3 is 2.62 bits per heavy atom. The molecule has 1 amide bonds. The van der Waals surface area contributed by atoms with Gasteiger partial charge in [-0.1, -0.05) is 23.3 Å². The van der Waals surface area contributed by atoms with Crippen molar-refractivity contribution in [3.8, 4) is 11.5 Å². The SMILES string of the molecule is CC(C)=CCCC(C)=CCC[C@]1(C)Oc2c(c(O)cc3c2CN([C@@H](CCCN=C(N)N)C(=O)O)C3=O)C[C@@H]1O. The molecule has 3 rings (SSSR count). The molecule has 39 heavy (non-hydrogen) atoms. The second-order valence-corrected chi connectivity index (χ2v) is 11.0. The molecule has 0 saturated carbocycles. The van der Waals surface area contributed by atoms with Gasteiger partial charge in [0.2, 0.25) is 0 Å². The van der Waals surface area contributed by atoms with Crippen molar-refractivity contribution < 1.29 is 29.6 Å². The number of carbonyl (C=O) groups excluding carboxylic acids is 1. The highest BCUT2D eigenvalue weighted by Crippen LogP contribution is 2.46. The van der Waals surface area contributed by atoms with E-state index in [1.165, 1.54) is 22.1 Å². The molecular formula is C29H42N4O6. The lowest BCUT2D eigenvalue weighted by Gasteiger charge is -2.41. The Balaban J connectivity index is 1.80. The maximum absolute atomic E-state index is 13.3. The normalized spacial score (nSPS) is 21.1. The third-order valence-electron chi connectivity index (χ3n) is 7.54. The molecule has 2 aliphatic rings. The van der Waals surface area contributed by atoms with Crippen LogP contribution in [0.25, 0.3) is 0 Å². The molecule has 0 unspecified atom stereocenters. The van der Waals surface area contributed by atoms with Crippen molar-refractivity contribution in [2.75, 3.05) is 6.54 Å². The highest BCUT2D eigenvalue weighted by atomic mass is 16.5. The first-order valence-electron chi connectivity index (χ1n) is 13.5. The molecule has 2 aliphatic heterocycles. The number of aromatic hydroxyl groups is 1. The van der Waals surface area contributed by atoms with Crippen LogP contribution in [-0.4, -0.2) is 62.3 Å². The van der Waals surface area contributed by atoms with Crippen molar-refractivity contribution in [3.63, 3.8) is 0 Å². The number of carboxylic acids is 1. The number of nitrogens with zero attached hydrogens (tertiary/aromatic N) is 2. The Bertz CT molecular complexity index is 1180. The number of phenols is 1. The number of carbonyl (C=O) groups is 2. The molecule has 0 spiro atoms. The highest BCUT2D eigenvalue weighted by molar-refractivity contribution is 6.02. The van der Waals surface area contributed by atoms with Gasteiger partial charge in [-0.3, -0.25) is 9.79 Å². The van der Waals surface area contributed by atoms with E-state index in [-0.39, 0.29) is 43.2 Å². The van der Waals surface area contributed by atoms with E-state index in [2.05, 4.69) is 37.9 Å². The fourth-order valence-corrected chi connectivity index (χ4v) is 5.18. The molecule has 0 aliphatic carbocycles. The van der Waals surface area contributed by atoms with Crippen molar-refractivity contribution in [2.24, 2.45) is 16.5 Å². The largest absolute Gasteiger partial charge is 0.508 e. The van der Waals surface area contributed by atoms with Gasteiger partial charge < -0.3 is 36.4 Å². The number of phenolic OH excluding ortho intramolecular Hbond substituents is 1. The van der Waals surface area contributed by atoms with Gasteiger partial charge in [0.25, 0.3) is 5.91 Å². The fourth-order valence-electron chi connectivity index (χ4n) is 5.18. The Hall–Kier alpha value is -3.53. The Labute approximate surface area is 230 Å². The molecule has 10 nitrogen and oxygen atoms in total. The molecule has 1 aromatic rings. The maximum Gasteiger partial charge on any atom is 0.326 e. The standard InChI is InChI=1S/C29H42N4O6/c1-17(2)8-5-9-18(3)10-6-12-29(4)24(35)15-20-23(34)14-19-21(25(20)39-29)16-33(26(19)36)22(27(37)38)11-7-13-32-28(30)31/h8,10,14,22,24,34-35H,5-7,9,11-13,15-16H2,1-4H3,(H,37,38)(H4,30,31,32)/t22-,24-,29-/m0/s1. The molecule has 10 heteroatoms. The van der Waals surface area contributed by atoms with Gasteiger partial charge in [0, 0.05) is 24.1 Å². The number of aliphatic hydroxyl groups is 1. The van der Waals surface area contributed by atoms with Gasteiger partial charge in [0.05, 0.1) is 18.2 Å². The van der Waals surface area contributed by atoms with Crippen molar-refractivity contribution in [1.29, 1.82) is 0 Å². The van der Waals surface area contributed by atoms with Gasteiger partial charge in [-0.2, -0.15) is 0 Å². The molecule has 2 heterocycles. The highest BCUT2D eigenvalue weighted by Gasteiger charge is 2.45. The summed E-state index contributed by atoms with van der Waals surface area (Å²) in [5.74, 6) is -1.47. The minimum atomic E-state index is -1.13. The number of guanidine groups is 1. The van der Waals surface area contributed by atoms with Gasteiger partial charge in [0.1, 0.15) is 23.1 Å². The van der Waals surface area contributed by atoms with Gasteiger partial charge in [0.15, 0.2) is 5.96 Å². The smallest absolute Gasteiger partial charge is 0.326 e. The van der Waals surface area contributed by atoms with Gasteiger partial charge in [-0.05, 0) is 72.3 Å². The summed E-state index contributed by atoms with van der Waals surface area (Å²) in [6.45, 7) is 8.37.